The van der Waals surface area contributed by atoms with Crippen LogP contribution in [0.25, 0.3) is 5.65 Å². The number of fused-ring (bicyclic) bond motifs is 1. The van der Waals surface area contributed by atoms with Crippen LogP contribution in [0.5, 0.6) is 0 Å². The van der Waals surface area contributed by atoms with Gasteiger partial charge in [0.05, 0.1) is 17.8 Å². The average molecular weight is 314 g/mol. The van der Waals surface area contributed by atoms with E-state index in [-0.39, 0.29) is 12.3 Å². The molecule has 0 bridgehead atoms. The molecule has 0 aliphatic carbocycles. The molecule has 3 rings (SSSR count). The van der Waals surface area contributed by atoms with Crippen LogP contribution in [0.2, 0.25) is 0 Å². The highest BCUT2D eigenvalue weighted by Gasteiger charge is 2.11. The van der Waals surface area contributed by atoms with Gasteiger partial charge in [-0.15, -0.1) is 11.3 Å². The quantitative estimate of drug-likeness (QED) is 0.803. The van der Waals surface area contributed by atoms with Gasteiger partial charge in [0.1, 0.15) is 5.65 Å². The second-order valence-electron chi connectivity index (χ2n) is 5.61. The van der Waals surface area contributed by atoms with Crippen molar-refractivity contribution in [2.45, 2.75) is 33.1 Å². The summed E-state index contributed by atoms with van der Waals surface area (Å²) < 4.78 is 1.94. The summed E-state index contributed by atoms with van der Waals surface area (Å²) >= 11 is 1.46. The van der Waals surface area contributed by atoms with Crippen LogP contribution in [-0.4, -0.2) is 20.3 Å². The van der Waals surface area contributed by atoms with Crippen molar-refractivity contribution in [3.63, 3.8) is 0 Å². The van der Waals surface area contributed by atoms with Crippen LogP contribution in [0.1, 0.15) is 36.7 Å². The molecular formula is C16H18N4OS. The van der Waals surface area contributed by atoms with Crippen LogP contribution in [-0.2, 0) is 11.2 Å². The van der Waals surface area contributed by atoms with Crippen molar-refractivity contribution in [3.8, 4) is 0 Å². The monoisotopic (exact) mass is 314 g/mol. The molecule has 0 fully saturated rings. The lowest BCUT2D eigenvalue weighted by atomic mass is 10.2. The molecule has 3 heterocycles. The third-order valence-electron chi connectivity index (χ3n) is 3.43. The van der Waals surface area contributed by atoms with E-state index in [1.54, 1.807) is 0 Å². The molecule has 0 radical (unpaired) electrons. The first-order chi connectivity index (χ1) is 10.5. The second-order valence-corrected chi connectivity index (χ2v) is 6.47. The van der Waals surface area contributed by atoms with Gasteiger partial charge in [-0.25, -0.2) is 9.97 Å². The van der Waals surface area contributed by atoms with E-state index in [0.29, 0.717) is 11.0 Å². The standard InChI is InChI=1S/C16H18N4OS/c1-10(2)13-9-22-16(18-13)19-14(21)7-12-8-20-6-4-5-11(3)15(20)17-12/h4-6,8-10H,7H2,1-3H3,(H,18,19,21). The first-order valence-electron chi connectivity index (χ1n) is 7.21. The Morgan fingerprint density at radius 3 is 2.91 bits per heavy atom. The molecule has 3 aromatic heterocycles. The number of rotatable bonds is 4. The lowest BCUT2D eigenvalue weighted by Crippen LogP contribution is -2.14. The van der Waals surface area contributed by atoms with Gasteiger partial charge in [0, 0.05) is 17.8 Å². The Labute approximate surface area is 133 Å². The summed E-state index contributed by atoms with van der Waals surface area (Å²) in [5.74, 6) is 0.272. The molecule has 0 aliphatic rings. The van der Waals surface area contributed by atoms with E-state index in [2.05, 4.69) is 29.1 Å². The normalized spacial score (nSPS) is 11.3. The zero-order valence-electron chi connectivity index (χ0n) is 12.8. The molecule has 0 saturated heterocycles. The maximum atomic E-state index is 12.1. The molecule has 22 heavy (non-hydrogen) atoms. The lowest BCUT2D eigenvalue weighted by molar-refractivity contribution is -0.115. The number of thiazole rings is 1. The van der Waals surface area contributed by atoms with Crippen molar-refractivity contribution in [1.29, 1.82) is 0 Å². The molecule has 0 aliphatic heterocycles. The fourth-order valence-corrected chi connectivity index (χ4v) is 3.11. The molecule has 1 amide bonds. The Morgan fingerprint density at radius 2 is 2.23 bits per heavy atom. The summed E-state index contributed by atoms with van der Waals surface area (Å²) in [4.78, 5) is 21.1. The Hall–Kier alpha value is -2.21. The van der Waals surface area contributed by atoms with Crippen molar-refractivity contribution in [1.82, 2.24) is 14.4 Å². The van der Waals surface area contributed by atoms with E-state index >= 15 is 0 Å². The zero-order chi connectivity index (χ0) is 15.7. The SMILES string of the molecule is Cc1cccn2cc(CC(=O)Nc3nc(C(C)C)cs3)nc12. The fourth-order valence-electron chi connectivity index (χ4n) is 2.23. The van der Waals surface area contributed by atoms with E-state index in [9.17, 15) is 4.79 Å². The maximum Gasteiger partial charge on any atom is 0.232 e. The predicted molar refractivity (Wildman–Crippen MR) is 88.5 cm³/mol. The van der Waals surface area contributed by atoms with Gasteiger partial charge in [-0.2, -0.15) is 0 Å². The van der Waals surface area contributed by atoms with Gasteiger partial charge in [-0.05, 0) is 24.5 Å². The summed E-state index contributed by atoms with van der Waals surface area (Å²) in [6.07, 6.45) is 4.08. The summed E-state index contributed by atoms with van der Waals surface area (Å²) in [5.41, 5.74) is 3.74. The first-order valence-corrected chi connectivity index (χ1v) is 8.09. The maximum absolute atomic E-state index is 12.1. The number of carbonyl (C=O) groups is 1. The van der Waals surface area contributed by atoms with Gasteiger partial charge in [0.25, 0.3) is 0 Å². The van der Waals surface area contributed by atoms with Crippen LogP contribution >= 0.6 is 11.3 Å². The molecule has 3 aromatic rings. The fraction of sp³-hybridized carbons (Fsp3) is 0.312. The second kappa shape index (κ2) is 5.88. The van der Waals surface area contributed by atoms with Gasteiger partial charge < -0.3 is 9.72 Å². The molecule has 5 nitrogen and oxygen atoms in total. The molecule has 0 saturated carbocycles. The minimum absolute atomic E-state index is 0.0919. The molecule has 6 heteroatoms. The number of aryl methyl sites for hydroxylation is 1. The number of anilines is 1. The van der Waals surface area contributed by atoms with Crippen molar-refractivity contribution in [2.24, 2.45) is 0 Å². The highest BCUT2D eigenvalue weighted by atomic mass is 32.1. The van der Waals surface area contributed by atoms with E-state index < -0.39 is 0 Å². The Bertz CT molecular complexity index is 819. The van der Waals surface area contributed by atoms with Crippen LogP contribution in [0.3, 0.4) is 0 Å². The third kappa shape index (κ3) is 3.01. The predicted octanol–water partition coefficient (Wildman–Crippen LogP) is 3.40. The summed E-state index contributed by atoms with van der Waals surface area (Å²) in [6.45, 7) is 6.18. The Kier molecular flexibility index (Phi) is 3.94. The minimum atomic E-state index is -0.0919. The van der Waals surface area contributed by atoms with Gasteiger partial charge in [-0.3, -0.25) is 4.79 Å². The number of imidazole rings is 1. The zero-order valence-corrected chi connectivity index (χ0v) is 13.6. The highest BCUT2D eigenvalue weighted by molar-refractivity contribution is 7.13. The van der Waals surface area contributed by atoms with Crippen molar-refractivity contribution >= 4 is 28.0 Å². The summed E-state index contributed by atoms with van der Waals surface area (Å²) in [7, 11) is 0. The molecule has 0 aromatic carbocycles. The van der Waals surface area contributed by atoms with Crippen molar-refractivity contribution in [2.75, 3.05) is 5.32 Å². The molecule has 0 atom stereocenters. The molecule has 0 spiro atoms. The van der Waals surface area contributed by atoms with Crippen LogP contribution in [0.4, 0.5) is 5.13 Å². The average Bonchev–Trinajstić information content (AvgIpc) is 3.06. The third-order valence-corrected chi connectivity index (χ3v) is 4.21. The van der Waals surface area contributed by atoms with Crippen molar-refractivity contribution < 1.29 is 4.79 Å². The van der Waals surface area contributed by atoms with Gasteiger partial charge in [0.2, 0.25) is 5.91 Å². The number of hydrogen-bond acceptors (Lipinski definition) is 4. The smallest absolute Gasteiger partial charge is 0.232 e. The molecule has 0 unspecified atom stereocenters. The molecular weight excluding hydrogens is 296 g/mol. The van der Waals surface area contributed by atoms with E-state index in [1.807, 2.05) is 41.2 Å². The molecule has 1 N–H and O–H groups in total. The number of aromatic nitrogens is 3. The van der Waals surface area contributed by atoms with Gasteiger partial charge in [-0.1, -0.05) is 19.9 Å². The van der Waals surface area contributed by atoms with Crippen LogP contribution < -0.4 is 5.32 Å². The topological polar surface area (TPSA) is 59.3 Å². The van der Waals surface area contributed by atoms with Crippen molar-refractivity contribution in [3.05, 3.63) is 46.9 Å². The van der Waals surface area contributed by atoms with E-state index in [4.69, 9.17) is 0 Å². The number of amides is 1. The lowest BCUT2D eigenvalue weighted by Gasteiger charge is -2.00. The minimum Gasteiger partial charge on any atom is -0.307 e. The Morgan fingerprint density at radius 1 is 1.41 bits per heavy atom. The number of nitrogens with zero attached hydrogens (tertiary/aromatic N) is 3. The molecule has 114 valence electrons. The van der Waals surface area contributed by atoms with Crippen LogP contribution in [0, 0.1) is 6.92 Å². The van der Waals surface area contributed by atoms with Gasteiger partial charge >= 0.3 is 0 Å². The summed E-state index contributed by atoms with van der Waals surface area (Å²) in [5, 5.41) is 5.47. The van der Waals surface area contributed by atoms with Gasteiger partial charge in [0.15, 0.2) is 5.13 Å². The number of nitrogens with one attached hydrogen (secondary N) is 1. The van der Waals surface area contributed by atoms with Crippen LogP contribution in [0.15, 0.2) is 29.9 Å². The number of pyridine rings is 1. The van der Waals surface area contributed by atoms with E-state index in [0.717, 1.165) is 22.6 Å². The highest BCUT2D eigenvalue weighted by Crippen LogP contribution is 2.21. The first kappa shape index (κ1) is 14.7. The number of carbonyl (C=O) groups excluding carboxylic acids is 1. The summed E-state index contributed by atoms with van der Waals surface area (Å²) in [6, 6.07) is 3.98. The Balaban J connectivity index is 1.71. The largest absolute Gasteiger partial charge is 0.307 e. The number of hydrogen-bond donors (Lipinski definition) is 1. The van der Waals surface area contributed by atoms with E-state index in [1.165, 1.54) is 11.3 Å².